The van der Waals surface area contributed by atoms with Crippen molar-refractivity contribution in [2.24, 2.45) is 11.8 Å². The summed E-state index contributed by atoms with van der Waals surface area (Å²) in [5, 5.41) is 7.54. The predicted molar refractivity (Wildman–Crippen MR) is 123 cm³/mol. The Hall–Kier alpha value is -3.03. The lowest BCUT2D eigenvalue weighted by atomic mass is 10.0. The van der Waals surface area contributed by atoms with Crippen molar-refractivity contribution in [3.05, 3.63) is 30.0 Å². The third-order valence-corrected chi connectivity index (χ3v) is 4.97. The molecule has 0 unspecified atom stereocenters. The van der Waals surface area contributed by atoms with E-state index in [2.05, 4.69) is 24.3 Å². The van der Waals surface area contributed by atoms with Gasteiger partial charge in [0.1, 0.15) is 11.5 Å². The van der Waals surface area contributed by atoms with Crippen LogP contribution in [0.5, 0.6) is 11.5 Å². The Labute approximate surface area is 190 Å². The van der Waals surface area contributed by atoms with Crippen LogP contribution in [0.4, 0.5) is 0 Å². The Morgan fingerprint density at radius 2 is 1.66 bits per heavy atom. The molecular formula is C24H35N3O5. The highest BCUT2D eigenvalue weighted by Crippen LogP contribution is 2.38. The van der Waals surface area contributed by atoms with Gasteiger partial charge in [-0.2, -0.15) is 5.10 Å². The number of amides is 1. The van der Waals surface area contributed by atoms with Crippen LogP contribution in [0.3, 0.4) is 0 Å². The number of benzene rings is 1. The number of nitrogens with zero attached hydrogens (tertiary/aromatic N) is 2. The number of carbonyl (C=O) groups excluding carboxylic acids is 2. The molecule has 0 aliphatic heterocycles. The van der Waals surface area contributed by atoms with Crippen LogP contribution in [0.15, 0.2) is 24.3 Å². The lowest BCUT2D eigenvalue weighted by Gasteiger charge is -2.19. The van der Waals surface area contributed by atoms with Gasteiger partial charge in [0.15, 0.2) is 5.69 Å². The van der Waals surface area contributed by atoms with Gasteiger partial charge in [-0.3, -0.25) is 14.3 Å². The molecule has 0 aliphatic carbocycles. The fourth-order valence-corrected chi connectivity index (χ4v) is 3.62. The van der Waals surface area contributed by atoms with Crippen LogP contribution >= 0.6 is 0 Å². The normalized spacial score (nSPS) is 12.0. The maximum absolute atomic E-state index is 13.1. The molecule has 0 saturated heterocycles. The summed E-state index contributed by atoms with van der Waals surface area (Å²) < 4.78 is 17.7. The lowest BCUT2D eigenvalue weighted by molar-refractivity contribution is -0.141. The number of hydrogen-bond donors (Lipinski definition) is 1. The second-order valence-corrected chi connectivity index (χ2v) is 8.61. The van der Waals surface area contributed by atoms with Gasteiger partial charge in [0.25, 0.3) is 5.91 Å². The van der Waals surface area contributed by atoms with Gasteiger partial charge in [-0.15, -0.1) is 0 Å². The molecule has 0 aliphatic rings. The largest absolute Gasteiger partial charge is 0.496 e. The number of esters is 1. The maximum Gasteiger partial charge on any atom is 0.307 e. The monoisotopic (exact) mass is 445 g/mol. The Balaban J connectivity index is 2.45. The second kappa shape index (κ2) is 11.5. The Bertz CT molecular complexity index is 898. The zero-order valence-electron chi connectivity index (χ0n) is 20.1. The first-order valence-electron chi connectivity index (χ1n) is 10.9. The highest BCUT2D eigenvalue weighted by atomic mass is 16.5. The first-order chi connectivity index (χ1) is 15.2. The Kier molecular flexibility index (Phi) is 9.11. The van der Waals surface area contributed by atoms with E-state index in [1.54, 1.807) is 25.0 Å². The second-order valence-electron chi connectivity index (χ2n) is 8.61. The molecule has 0 radical (unpaired) electrons. The van der Waals surface area contributed by atoms with Crippen molar-refractivity contribution in [1.29, 1.82) is 0 Å². The van der Waals surface area contributed by atoms with Crippen molar-refractivity contribution in [2.45, 2.75) is 53.1 Å². The van der Waals surface area contributed by atoms with E-state index < -0.39 is 0 Å². The number of carbonyl (C=O) groups is 2. The van der Waals surface area contributed by atoms with Gasteiger partial charge in [0.05, 0.1) is 39.0 Å². The SMILES string of the molecule is COC(=O)C[C@H](CC(C)C)NC(=O)c1cc(-c2c(OC)cccc2OC)n(CC(C)C)n1. The zero-order chi connectivity index (χ0) is 23.8. The number of hydrogen-bond acceptors (Lipinski definition) is 6. The van der Waals surface area contributed by atoms with E-state index >= 15 is 0 Å². The molecular weight excluding hydrogens is 410 g/mol. The van der Waals surface area contributed by atoms with E-state index in [1.807, 2.05) is 32.0 Å². The number of methoxy groups -OCH3 is 3. The van der Waals surface area contributed by atoms with Crippen LogP contribution < -0.4 is 14.8 Å². The quantitative estimate of drug-likeness (QED) is 0.527. The third-order valence-electron chi connectivity index (χ3n) is 4.97. The molecule has 1 aromatic heterocycles. The fraction of sp³-hybridized carbons (Fsp3) is 0.542. The molecule has 32 heavy (non-hydrogen) atoms. The number of rotatable bonds is 11. The molecule has 0 spiro atoms. The van der Waals surface area contributed by atoms with E-state index in [1.165, 1.54) is 7.11 Å². The molecule has 2 aromatic rings. The standard InChI is InChI=1S/C24H35N3O5/c1-15(2)11-17(12-22(28)32-7)25-24(29)18-13-19(27(26-18)14-16(3)4)23-20(30-5)9-8-10-21(23)31-6/h8-10,13,15-17H,11-12,14H2,1-7H3,(H,25,29)/t17-/m0/s1. The van der Waals surface area contributed by atoms with Crippen molar-refractivity contribution in [1.82, 2.24) is 15.1 Å². The van der Waals surface area contributed by atoms with E-state index in [0.717, 1.165) is 11.3 Å². The summed E-state index contributed by atoms with van der Waals surface area (Å²) in [5.74, 6) is 1.17. The van der Waals surface area contributed by atoms with Gasteiger partial charge in [-0.25, -0.2) is 0 Å². The van der Waals surface area contributed by atoms with Gasteiger partial charge in [0, 0.05) is 12.6 Å². The number of nitrogens with one attached hydrogen (secondary N) is 1. The molecule has 1 amide bonds. The summed E-state index contributed by atoms with van der Waals surface area (Å²) in [6.45, 7) is 8.86. The van der Waals surface area contributed by atoms with Crippen LogP contribution in [-0.2, 0) is 16.1 Å². The van der Waals surface area contributed by atoms with E-state index in [0.29, 0.717) is 36.3 Å². The van der Waals surface area contributed by atoms with Crippen LogP contribution in [0.2, 0.25) is 0 Å². The van der Waals surface area contributed by atoms with Crippen LogP contribution in [-0.4, -0.2) is 49.0 Å². The molecule has 0 saturated carbocycles. The average molecular weight is 446 g/mol. The smallest absolute Gasteiger partial charge is 0.307 e. The molecule has 2 rings (SSSR count). The molecule has 176 valence electrons. The van der Waals surface area contributed by atoms with E-state index in [9.17, 15) is 9.59 Å². The van der Waals surface area contributed by atoms with Gasteiger partial charge in [-0.05, 0) is 36.5 Å². The molecule has 8 nitrogen and oxygen atoms in total. The summed E-state index contributed by atoms with van der Waals surface area (Å²) in [5.41, 5.74) is 1.73. The highest BCUT2D eigenvalue weighted by molar-refractivity contribution is 5.94. The van der Waals surface area contributed by atoms with E-state index in [-0.39, 0.29) is 30.0 Å². The minimum atomic E-state index is -0.360. The van der Waals surface area contributed by atoms with Crippen molar-refractivity contribution in [2.75, 3.05) is 21.3 Å². The van der Waals surface area contributed by atoms with Gasteiger partial charge in [-0.1, -0.05) is 33.8 Å². The average Bonchev–Trinajstić information content (AvgIpc) is 3.15. The van der Waals surface area contributed by atoms with E-state index in [4.69, 9.17) is 14.2 Å². The van der Waals surface area contributed by atoms with Gasteiger partial charge >= 0.3 is 5.97 Å². The summed E-state index contributed by atoms with van der Waals surface area (Å²) in [4.78, 5) is 24.9. The summed E-state index contributed by atoms with van der Waals surface area (Å²) in [6, 6.07) is 6.94. The third kappa shape index (κ3) is 6.48. The summed E-state index contributed by atoms with van der Waals surface area (Å²) >= 11 is 0. The topological polar surface area (TPSA) is 91.7 Å². The Morgan fingerprint density at radius 3 is 2.16 bits per heavy atom. The summed E-state index contributed by atoms with van der Waals surface area (Å²) in [7, 11) is 4.54. The molecule has 1 atom stereocenters. The van der Waals surface area contributed by atoms with Crippen LogP contribution in [0.25, 0.3) is 11.3 Å². The molecule has 0 fully saturated rings. The zero-order valence-corrected chi connectivity index (χ0v) is 20.1. The fourth-order valence-electron chi connectivity index (χ4n) is 3.62. The lowest BCUT2D eigenvalue weighted by Crippen LogP contribution is -2.38. The van der Waals surface area contributed by atoms with Crippen molar-refractivity contribution < 1.29 is 23.8 Å². The first-order valence-corrected chi connectivity index (χ1v) is 10.9. The number of aromatic nitrogens is 2. The highest BCUT2D eigenvalue weighted by Gasteiger charge is 2.24. The summed E-state index contributed by atoms with van der Waals surface area (Å²) in [6.07, 6.45) is 0.765. The minimum absolute atomic E-state index is 0.111. The number of ether oxygens (including phenoxy) is 3. The molecule has 1 N–H and O–H groups in total. The first kappa shape index (κ1) is 25.2. The Morgan fingerprint density at radius 1 is 1.03 bits per heavy atom. The van der Waals surface area contributed by atoms with Gasteiger partial charge < -0.3 is 19.5 Å². The molecule has 1 heterocycles. The molecule has 8 heteroatoms. The van der Waals surface area contributed by atoms with Crippen molar-refractivity contribution >= 4 is 11.9 Å². The maximum atomic E-state index is 13.1. The van der Waals surface area contributed by atoms with Crippen molar-refractivity contribution in [3.63, 3.8) is 0 Å². The van der Waals surface area contributed by atoms with Crippen LogP contribution in [0.1, 0.15) is 51.0 Å². The predicted octanol–water partition coefficient (Wildman–Crippen LogP) is 3.93. The van der Waals surface area contributed by atoms with Crippen LogP contribution in [0, 0.1) is 11.8 Å². The van der Waals surface area contributed by atoms with Crippen molar-refractivity contribution in [3.8, 4) is 22.8 Å². The minimum Gasteiger partial charge on any atom is -0.496 e. The van der Waals surface area contributed by atoms with Gasteiger partial charge in [0.2, 0.25) is 0 Å². The molecule has 0 bridgehead atoms. The molecule has 1 aromatic carbocycles.